The molecular weight excluding hydrogens is 811 g/mol. The van der Waals surface area contributed by atoms with Crippen molar-refractivity contribution in [3.8, 4) is 40.2 Å². The molecule has 0 spiro atoms. The molecule has 62 heavy (non-hydrogen) atoms. The minimum absolute atomic E-state index is 0.137. The number of hydrogen-bond donors (Lipinski definition) is 0. The summed E-state index contributed by atoms with van der Waals surface area (Å²) in [5.74, 6) is 5.04. The molecule has 0 saturated heterocycles. The quantitative estimate of drug-likeness (QED) is 0.114. The maximum absolute atomic E-state index is 6.91. The molecule has 0 fully saturated rings. The zero-order chi connectivity index (χ0) is 44.5. The van der Waals surface area contributed by atoms with Gasteiger partial charge in [-0.1, -0.05) is 168 Å². The summed E-state index contributed by atoms with van der Waals surface area (Å²) >= 11 is 0. The van der Waals surface area contributed by atoms with Crippen LogP contribution >= 0.6 is 17.2 Å². The van der Waals surface area contributed by atoms with E-state index in [1.807, 2.05) is 78.9 Å². The maximum atomic E-state index is 6.91. The molecule has 1 aliphatic carbocycles. The van der Waals surface area contributed by atoms with Crippen molar-refractivity contribution in [2.45, 2.75) is 119 Å². The highest BCUT2D eigenvalue weighted by atomic mass is 31.2. The molecule has 1 aliphatic heterocycles. The topological polar surface area (TPSA) is 64.6 Å². The molecule has 1 unspecified atom stereocenters. The van der Waals surface area contributed by atoms with Crippen LogP contribution < -0.4 is 27.4 Å². The fraction of sp³-hybridized carbons (Fsp3) is 0.358. The summed E-state index contributed by atoms with van der Waals surface area (Å²) in [6.45, 7) is 26.2. The van der Waals surface area contributed by atoms with E-state index < -0.39 is 17.2 Å². The molecule has 0 bridgehead atoms. The van der Waals surface area contributed by atoms with Crippen LogP contribution in [0, 0.1) is 5.41 Å². The predicted molar refractivity (Wildman–Crippen MR) is 254 cm³/mol. The van der Waals surface area contributed by atoms with E-state index in [9.17, 15) is 0 Å². The molecule has 7 nitrogen and oxygen atoms in total. The second-order valence-corrected chi connectivity index (χ2v) is 22.0. The molecule has 0 radical (unpaired) electrons. The first-order chi connectivity index (χ1) is 29.3. The van der Waals surface area contributed by atoms with Crippen molar-refractivity contribution < 1.29 is 31.9 Å². The van der Waals surface area contributed by atoms with Crippen LogP contribution in [0.4, 0.5) is 0 Å². The highest BCUT2D eigenvalue weighted by molar-refractivity contribution is 7.43. The average Bonchev–Trinajstić information content (AvgIpc) is 3.19. The van der Waals surface area contributed by atoms with Gasteiger partial charge in [-0.15, -0.1) is 0 Å². The molecule has 2 aliphatic rings. The van der Waals surface area contributed by atoms with Gasteiger partial charge in [0.05, 0.1) is 0 Å². The molecule has 0 amide bonds. The van der Waals surface area contributed by atoms with Crippen LogP contribution in [0.3, 0.4) is 0 Å². The summed E-state index contributed by atoms with van der Waals surface area (Å²) in [6, 6.07) is 36.1. The second-order valence-electron chi connectivity index (χ2n) is 20.0. The van der Waals surface area contributed by atoms with Gasteiger partial charge in [0.2, 0.25) is 0 Å². The van der Waals surface area contributed by atoms with E-state index in [1.54, 1.807) is 0 Å². The van der Waals surface area contributed by atoms with Crippen molar-refractivity contribution in [3.05, 3.63) is 160 Å². The van der Waals surface area contributed by atoms with Crippen LogP contribution in [0.25, 0.3) is 0 Å². The Balaban J connectivity index is 1.24. The van der Waals surface area contributed by atoms with Gasteiger partial charge in [0.15, 0.2) is 23.0 Å². The second kappa shape index (κ2) is 18.0. The first-order valence-electron chi connectivity index (χ1n) is 21.5. The zero-order valence-corrected chi connectivity index (χ0v) is 40.2. The Morgan fingerprint density at radius 2 is 0.742 bits per heavy atom. The van der Waals surface area contributed by atoms with E-state index in [-0.39, 0.29) is 21.7 Å². The Kier molecular flexibility index (Phi) is 13.1. The SMILES string of the molecule is CC(C)(C)C1=CCCC=C1OP(Oc1ccccc1C(C)(C)C)Oc1cccc2c1Oc1c(cccc1OP(Oc1ccccc1C(C)(C)C)Oc1ccccc1C(C)(C)C)C2. The Morgan fingerprint density at radius 1 is 0.387 bits per heavy atom. The number of fused-ring (bicyclic) bond motifs is 2. The smallest absolute Gasteiger partial charge is 0.449 e. The Labute approximate surface area is 372 Å². The summed E-state index contributed by atoms with van der Waals surface area (Å²) in [7, 11) is -4.06. The van der Waals surface area contributed by atoms with E-state index >= 15 is 0 Å². The molecule has 0 aromatic heterocycles. The molecular formula is C53H62O7P2. The number of ether oxygens (including phenoxy) is 1. The summed E-state index contributed by atoms with van der Waals surface area (Å²) in [6.07, 6.45) is 6.84. The normalized spacial score (nSPS) is 14.7. The predicted octanol–water partition coefficient (Wildman–Crippen LogP) is 16.4. The van der Waals surface area contributed by atoms with Gasteiger partial charge in [-0.2, -0.15) is 0 Å². The largest absolute Gasteiger partial charge is 0.530 e. The average molecular weight is 873 g/mol. The summed E-state index contributed by atoms with van der Waals surface area (Å²) < 4.78 is 47.8. The number of hydrogen-bond acceptors (Lipinski definition) is 7. The van der Waals surface area contributed by atoms with Gasteiger partial charge in [0.1, 0.15) is 23.0 Å². The third-order valence-corrected chi connectivity index (χ3v) is 12.8. The lowest BCUT2D eigenvalue weighted by Crippen LogP contribution is -2.16. The third kappa shape index (κ3) is 10.6. The standard InChI is InChI=1S/C53H62O7P2/c1-50(2,3)38-25-13-17-29-42(38)55-61(56-43-30-18-14-26-39(43)51(4,5)6)59-46-33-21-23-36-35-37-24-22-34-47(49(37)54-48(36)46)60-62(57-44-31-19-15-27-40(44)52(7,8)9)58-45-32-20-16-28-41(45)53(10,11)12/h13-15,17-19,21-34H,16,20,35H2,1-12H3. The van der Waals surface area contributed by atoms with Crippen molar-refractivity contribution in [1.29, 1.82) is 0 Å². The zero-order valence-electron chi connectivity index (χ0n) is 38.4. The maximum Gasteiger partial charge on any atom is 0.530 e. The van der Waals surface area contributed by atoms with E-state index in [2.05, 4.69) is 126 Å². The van der Waals surface area contributed by atoms with Gasteiger partial charge in [-0.3, -0.25) is 0 Å². The molecule has 0 N–H and O–H groups in total. The number of benzene rings is 5. The van der Waals surface area contributed by atoms with Crippen molar-refractivity contribution in [2.24, 2.45) is 5.41 Å². The minimum Gasteiger partial charge on any atom is -0.449 e. The Morgan fingerprint density at radius 3 is 1.15 bits per heavy atom. The first kappa shape index (κ1) is 45.1. The minimum atomic E-state index is -2.05. The third-order valence-electron chi connectivity index (χ3n) is 10.7. The lowest BCUT2D eigenvalue weighted by molar-refractivity contribution is 0.310. The van der Waals surface area contributed by atoms with Gasteiger partial charge >= 0.3 is 17.2 Å². The van der Waals surface area contributed by atoms with E-state index in [0.717, 1.165) is 52.0 Å². The van der Waals surface area contributed by atoms with E-state index in [1.165, 1.54) is 0 Å². The fourth-order valence-corrected chi connectivity index (χ4v) is 9.71. The number of para-hydroxylation sites is 5. The molecule has 0 saturated carbocycles. The van der Waals surface area contributed by atoms with Crippen LogP contribution in [0.2, 0.25) is 0 Å². The number of rotatable bonds is 12. The van der Waals surface area contributed by atoms with Gasteiger partial charge < -0.3 is 31.9 Å². The van der Waals surface area contributed by atoms with Crippen LogP contribution in [-0.2, 0) is 27.2 Å². The Hall–Kier alpha value is -4.96. The van der Waals surface area contributed by atoms with Gasteiger partial charge in [-0.05, 0) is 76.5 Å². The highest BCUT2D eigenvalue weighted by Gasteiger charge is 2.34. The molecule has 5 aromatic carbocycles. The monoisotopic (exact) mass is 872 g/mol. The van der Waals surface area contributed by atoms with Crippen LogP contribution in [0.1, 0.15) is 124 Å². The van der Waals surface area contributed by atoms with Crippen molar-refractivity contribution in [2.75, 3.05) is 0 Å². The molecule has 7 rings (SSSR count). The molecule has 326 valence electrons. The van der Waals surface area contributed by atoms with Gasteiger partial charge in [0.25, 0.3) is 0 Å². The highest BCUT2D eigenvalue weighted by Crippen LogP contribution is 2.55. The fourth-order valence-electron chi connectivity index (χ4n) is 7.59. The van der Waals surface area contributed by atoms with Crippen molar-refractivity contribution in [1.82, 2.24) is 0 Å². The summed E-state index contributed by atoms with van der Waals surface area (Å²) in [5, 5.41) is 0. The van der Waals surface area contributed by atoms with Gasteiger partial charge in [0, 0.05) is 34.2 Å². The molecule has 1 atom stereocenters. The van der Waals surface area contributed by atoms with Crippen molar-refractivity contribution >= 4 is 17.2 Å². The molecule has 1 heterocycles. The lowest BCUT2D eigenvalue weighted by atomic mass is 9.82. The Bertz CT molecular complexity index is 2380. The van der Waals surface area contributed by atoms with Crippen LogP contribution in [-0.4, -0.2) is 0 Å². The molecule has 9 heteroatoms. The van der Waals surface area contributed by atoms with Crippen LogP contribution in [0.15, 0.2) is 133 Å². The van der Waals surface area contributed by atoms with Crippen LogP contribution in [0.5, 0.6) is 40.2 Å². The van der Waals surface area contributed by atoms with E-state index in [4.69, 9.17) is 31.9 Å². The first-order valence-corrected chi connectivity index (χ1v) is 23.7. The van der Waals surface area contributed by atoms with Crippen molar-refractivity contribution in [3.63, 3.8) is 0 Å². The molecule has 5 aromatic rings. The lowest BCUT2D eigenvalue weighted by Gasteiger charge is -2.30. The summed E-state index contributed by atoms with van der Waals surface area (Å²) in [4.78, 5) is 0. The van der Waals surface area contributed by atoms with Gasteiger partial charge in [-0.25, -0.2) is 0 Å². The summed E-state index contributed by atoms with van der Waals surface area (Å²) in [5.41, 5.74) is 5.54. The van der Waals surface area contributed by atoms with E-state index in [0.29, 0.717) is 46.7 Å². The number of allylic oxidation sites excluding steroid dienone is 3.